The summed E-state index contributed by atoms with van der Waals surface area (Å²) in [6.45, 7) is 1.95. The Morgan fingerprint density at radius 1 is 1.21 bits per heavy atom. The summed E-state index contributed by atoms with van der Waals surface area (Å²) in [4.78, 5) is 21.5. The first-order valence-corrected chi connectivity index (χ1v) is 9.62. The number of hydrogen-bond acceptors (Lipinski definition) is 6. The normalized spacial score (nSPS) is 26.4. The van der Waals surface area contributed by atoms with Crippen LogP contribution >= 0.6 is 12.4 Å². The zero-order chi connectivity index (χ0) is 18.8. The average Bonchev–Trinajstić information content (AvgIpc) is 3.12. The number of benzene rings is 1. The van der Waals surface area contributed by atoms with E-state index in [1.54, 1.807) is 7.11 Å². The molecular weight excluding hydrogens is 380 g/mol. The van der Waals surface area contributed by atoms with Crippen molar-refractivity contribution in [1.29, 1.82) is 0 Å². The van der Waals surface area contributed by atoms with Crippen LogP contribution in [0, 0.1) is 11.8 Å². The second kappa shape index (κ2) is 9.03. The van der Waals surface area contributed by atoms with Crippen LogP contribution in [0.5, 0.6) is 5.88 Å². The van der Waals surface area contributed by atoms with Gasteiger partial charge in [0, 0.05) is 12.8 Å². The number of aryl methyl sites for hydroxylation is 1. The molecule has 1 saturated heterocycles. The van der Waals surface area contributed by atoms with Crippen molar-refractivity contribution in [2.45, 2.75) is 37.8 Å². The van der Waals surface area contributed by atoms with Gasteiger partial charge in [0.05, 0.1) is 30.3 Å². The maximum absolute atomic E-state index is 12.5. The lowest BCUT2D eigenvalue weighted by Gasteiger charge is -2.35. The van der Waals surface area contributed by atoms with E-state index in [1.807, 2.05) is 24.3 Å². The predicted molar refractivity (Wildman–Crippen MR) is 109 cm³/mol. The van der Waals surface area contributed by atoms with E-state index in [-0.39, 0.29) is 24.4 Å². The summed E-state index contributed by atoms with van der Waals surface area (Å²) in [5.41, 5.74) is 2.24. The smallest absolute Gasteiger partial charge is 0.235 e. The molecule has 2 fully saturated rings. The number of methoxy groups -OCH3 is 1. The minimum atomic E-state index is -0.468. The minimum absolute atomic E-state index is 0. The fraction of sp³-hybridized carbons (Fsp3) is 0.550. The van der Waals surface area contributed by atoms with Gasteiger partial charge in [0.1, 0.15) is 5.69 Å². The van der Waals surface area contributed by atoms with E-state index in [0.29, 0.717) is 36.3 Å². The Bertz CT molecular complexity index is 834. The van der Waals surface area contributed by atoms with E-state index >= 15 is 0 Å². The van der Waals surface area contributed by atoms with Gasteiger partial charge in [-0.3, -0.25) is 4.79 Å². The fourth-order valence-electron chi connectivity index (χ4n) is 4.31. The molecule has 0 unspecified atom stereocenters. The Hall–Kier alpha value is -1.96. The van der Waals surface area contributed by atoms with Crippen LogP contribution in [0.25, 0.3) is 11.0 Å². The van der Waals surface area contributed by atoms with E-state index in [1.165, 1.54) is 0 Å². The number of para-hydroxylation sites is 2. The molecule has 1 aromatic carbocycles. The number of ether oxygens (including phenoxy) is 1. The van der Waals surface area contributed by atoms with E-state index in [4.69, 9.17) is 4.74 Å². The molecule has 3 N–H and O–H groups in total. The van der Waals surface area contributed by atoms with Gasteiger partial charge in [0.15, 0.2) is 0 Å². The van der Waals surface area contributed by atoms with Crippen molar-refractivity contribution in [1.82, 2.24) is 20.6 Å². The highest BCUT2D eigenvalue weighted by atomic mass is 35.5. The van der Waals surface area contributed by atoms with Gasteiger partial charge in [-0.1, -0.05) is 12.1 Å². The van der Waals surface area contributed by atoms with Gasteiger partial charge in [0.25, 0.3) is 0 Å². The maximum Gasteiger partial charge on any atom is 0.235 e. The molecule has 0 radical (unpaired) electrons. The molecule has 1 aromatic heterocycles. The first-order valence-electron chi connectivity index (χ1n) is 9.62. The van der Waals surface area contributed by atoms with Crippen molar-refractivity contribution >= 4 is 29.3 Å². The number of nitrogens with zero attached hydrogens (tertiary/aromatic N) is 2. The number of halogens is 1. The summed E-state index contributed by atoms with van der Waals surface area (Å²) in [5, 5.41) is 16.8. The van der Waals surface area contributed by atoms with Crippen molar-refractivity contribution in [3.05, 3.63) is 30.0 Å². The van der Waals surface area contributed by atoms with Gasteiger partial charge in [-0.05, 0) is 49.9 Å². The molecule has 1 aliphatic heterocycles. The number of aliphatic hydroxyl groups is 1. The van der Waals surface area contributed by atoms with Crippen molar-refractivity contribution < 1.29 is 14.6 Å². The summed E-state index contributed by atoms with van der Waals surface area (Å²) >= 11 is 0. The molecule has 1 aliphatic carbocycles. The minimum Gasteiger partial charge on any atom is -0.480 e. The second-order valence-electron chi connectivity index (χ2n) is 7.56. The molecule has 2 heterocycles. The van der Waals surface area contributed by atoms with Crippen molar-refractivity contribution in [3.63, 3.8) is 0 Å². The SMILES string of the molecule is COc1nc2ccccc2nc1CCC(=O)N[C@H]1C[C@H]2CNC[C@H]2C[C@@H]1O.Cl. The number of carbonyl (C=O) groups is 1. The molecule has 28 heavy (non-hydrogen) atoms. The summed E-state index contributed by atoms with van der Waals surface area (Å²) in [6.07, 6.45) is 1.86. The lowest BCUT2D eigenvalue weighted by molar-refractivity contribution is -0.123. The van der Waals surface area contributed by atoms with Crippen LogP contribution < -0.4 is 15.4 Å². The Morgan fingerprint density at radius 3 is 2.61 bits per heavy atom. The van der Waals surface area contributed by atoms with Gasteiger partial charge >= 0.3 is 0 Å². The number of fused-ring (bicyclic) bond motifs is 2. The molecule has 4 rings (SSSR count). The molecule has 4 atom stereocenters. The monoisotopic (exact) mass is 406 g/mol. The zero-order valence-corrected chi connectivity index (χ0v) is 16.7. The number of aliphatic hydroxyl groups excluding tert-OH is 1. The van der Waals surface area contributed by atoms with Crippen LogP contribution in [0.2, 0.25) is 0 Å². The molecule has 1 saturated carbocycles. The molecule has 2 aromatic rings. The van der Waals surface area contributed by atoms with E-state index in [9.17, 15) is 9.90 Å². The highest BCUT2D eigenvalue weighted by Crippen LogP contribution is 2.33. The lowest BCUT2D eigenvalue weighted by Crippen LogP contribution is -2.49. The van der Waals surface area contributed by atoms with Crippen LogP contribution in [0.15, 0.2) is 24.3 Å². The van der Waals surface area contributed by atoms with Crippen molar-refractivity contribution in [2.75, 3.05) is 20.2 Å². The topological polar surface area (TPSA) is 96.4 Å². The number of aromatic nitrogens is 2. The molecule has 2 aliphatic rings. The Labute approximate surface area is 170 Å². The first kappa shape index (κ1) is 20.8. The third kappa shape index (κ3) is 4.37. The highest BCUT2D eigenvalue weighted by molar-refractivity contribution is 5.85. The van der Waals surface area contributed by atoms with Crippen molar-refractivity contribution in [2.24, 2.45) is 11.8 Å². The number of amides is 1. The van der Waals surface area contributed by atoms with Crippen LogP contribution in [0.1, 0.15) is 25.0 Å². The zero-order valence-electron chi connectivity index (χ0n) is 15.9. The van der Waals surface area contributed by atoms with Crippen LogP contribution in [-0.4, -0.2) is 53.3 Å². The molecule has 0 spiro atoms. The van der Waals surface area contributed by atoms with Gasteiger partial charge in [-0.2, -0.15) is 0 Å². The molecular formula is C20H27ClN4O3. The predicted octanol–water partition coefficient (Wildman–Crippen LogP) is 1.47. The quantitative estimate of drug-likeness (QED) is 0.695. The fourth-order valence-corrected chi connectivity index (χ4v) is 4.31. The largest absolute Gasteiger partial charge is 0.480 e. The average molecular weight is 407 g/mol. The van der Waals surface area contributed by atoms with Crippen LogP contribution in [-0.2, 0) is 11.2 Å². The van der Waals surface area contributed by atoms with Crippen LogP contribution in [0.4, 0.5) is 0 Å². The molecule has 152 valence electrons. The van der Waals surface area contributed by atoms with Crippen molar-refractivity contribution in [3.8, 4) is 5.88 Å². The standard InChI is InChI=1S/C20H26N4O3.ClH/c1-27-20-16(22-14-4-2-3-5-15(14)24-20)6-7-19(26)23-17-8-12-10-21-11-13(12)9-18(17)25;/h2-5,12-13,17-18,21,25H,6-11H2,1H3,(H,23,26);1H/t12-,13+,17-,18-;/m0./s1. The van der Waals surface area contributed by atoms with Gasteiger partial charge < -0.3 is 20.5 Å². The molecule has 0 bridgehead atoms. The highest BCUT2D eigenvalue weighted by Gasteiger charge is 2.39. The molecule has 1 amide bonds. The molecule has 8 heteroatoms. The summed E-state index contributed by atoms with van der Waals surface area (Å²) in [6, 6.07) is 7.44. The number of hydrogen-bond donors (Lipinski definition) is 3. The Kier molecular flexibility index (Phi) is 6.69. The van der Waals surface area contributed by atoms with E-state index in [0.717, 1.165) is 37.0 Å². The van der Waals surface area contributed by atoms with E-state index in [2.05, 4.69) is 20.6 Å². The summed E-state index contributed by atoms with van der Waals surface area (Å²) < 4.78 is 5.35. The van der Waals surface area contributed by atoms with Gasteiger partial charge in [-0.15, -0.1) is 12.4 Å². The number of rotatable bonds is 5. The Balaban J connectivity index is 0.00000225. The second-order valence-corrected chi connectivity index (χ2v) is 7.56. The number of nitrogens with one attached hydrogen (secondary N) is 2. The summed E-state index contributed by atoms with van der Waals surface area (Å²) in [7, 11) is 1.56. The molecule has 7 nitrogen and oxygen atoms in total. The van der Waals surface area contributed by atoms with E-state index < -0.39 is 6.10 Å². The third-order valence-corrected chi connectivity index (χ3v) is 5.78. The Morgan fingerprint density at radius 2 is 1.89 bits per heavy atom. The van der Waals surface area contributed by atoms with Crippen LogP contribution in [0.3, 0.4) is 0 Å². The third-order valence-electron chi connectivity index (χ3n) is 5.78. The summed E-state index contributed by atoms with van der Waals surface area (Å²) in [5.74, 6) is 1.47. The lowest BCUT2D eigenvalue weighted by atomic mass is 9.77. The first-order chi connectivity index (χ1) is 13.1. The maximum atomic E-state index is 12.5. The van der Waals surface area contributed by atoms with Gasteiger partial charge in [0.2, 0.25) is 11.8 Å². The van der Waals surface area contributed by atoms with Gasteiger partial charge in [-0.25, -0.2) is 9.97 Å². The number of carbonyl (C=O) groups excluding carboxylic acids is 1.